The van der Waals surface area contributed by atoms with Crippen LogP contribution in [0.1, 0.15) is 17.2 Å². The van der Waals surface area contributed by atoms with E-state index < -0.39 is 0 Å². The number of rotatable bonds is 2. The van der Waals surface area contributed by atoms with Gasteiger partial charge in [0.2, 0.25) is 5.91 Å². The first kappa shape index (κ1) is 12.9. The van der Waals surface area contributed by atoms with Crippen LogP contribution in [0.2, 0.25) is 0 Å². The molecule has 0 radical (unpaired) electrons. The normalized spacial score (nSPS) is 19.2. The summed E-state index contributed by atoms with van der Waals surface area (Å²) in [6.45, 7) is 0. The number of para-hydroxylation sites is 1. The quantitative estimate of drug-likeness (QED) is 0.909. The van der Waals surface area contributed by atoms with Gasteiger partial charge in [-0.05, 0) is 17.7 Å². The average Bonchev–Trinajstić information content (AvgIpc) is 2.48. The molecule has 2 aromatic rings. The SMILES string of the molecule is N=C1SC(c2ccccc2)CC(=O)N1c1ccccc1. The van der Waals surface area contributed by atoms with Crippen molar-refractivity contribution in [2.24, 2.45) is 0 Å². The maximum atomic E-state index is 12.4. The van der Waals surface area contributed by atoms with Crippen molar-refractivity contribution in [3.63, 3.8) is 0 Å². The smallest absolute Gasteiger partial charge is 0.234 e. The third-order valence-electron chi connectivity index (χ3n) is 3.25. The highest BCUT2D eigenvalue weighted by Gasteiger charge is 2.32. The number of nitrogens with one attached hydrogen (secondary N) is 1. The van der Waals surface area contributed by atoms with Gasteiger partial charge in [0.15, 0.2) is 5.17 Å². The Kier molecular flexibility index (Phi) is 3.56. The summed E-state index contributed by atoms with van der Waals surface area (Å²) >= 11 is 1.43. The Morgan fingerprint density at radius 2 is 1.60 bits per heavy atom. The molecule has 0 saturated carbocycles. The number of carbonyl (C=O) groups is 1. The summed E-state index contributed by atoms with van der Waals surface area (Å²) in [6.07, 6.45) is 0.423. The van der Waals surface area contributed by atoms with Crippen LogP contribution in [0.15, 0.2) is 60.7 Å². The number of benzene rings is 2. The molecule has 0 spiro atoms. The van der Waals surface area contributed by atoms with Gasteiger partial charge in [0.25, 0.3) is 0 Å². The fraction of sp³-hybridized carbons (Fsp3) is 0.125. The van der Waals surface area contributed by atoms with E-state index >= 15 is 0 Å². The first-order valence-electron chi connectivity index (χ1n) is 6.44. The second kappa shape index (κ2) is 5.51. The molecule has 0 aromatic heterocycles. The lowest BCUT2D eigenvalue weighted by atomic mass is 10.1. The van der Waals surface area contributed by atoms with Crippen molar-refractivity contribution in [2.75, 3.05) is 4.90 Å². The first-order chi connectivity index (χ1) is 9.75. The van der Waals surface area contributed by atoms with Crippen molar-refractivity contribution < 1.29 is 4.79 Å². The fourth-order valence-electron chi connectivity index (χ4n) is 2.28. The molecular weight excluding hydrogens is 268 g/mol. The molecule has 1 heterocycles. The number of amidine groups is 1. The third-order valence-corrected chi connectivity index (χ3v) is 4.38. The Morgan fingerprint density at radius 3 is 2.20 bits per heavy atom. The van der Waals surface area contributed by atoms with Crippen molar-refractivity contribution in [2.45, 2.75) is 11.7 Å². The van der Waals surface area contributed by atoms with Gasteiger partial charge in [-0.25, -0.2) is 0 Å². The number of anilines is 1. The van der Waals surface area contributed by atoms with Crippen LogP contribution in [0, 0.1) is 5.41 Å². The molecule has 1 aliphatic heterocycles. The predicted molar refractivity (Wildman–Crippen MR) is 83.0 cm³/mol. The summed E-state index contributed by atoms with van der Waals surface area (Å²) in [7, 11) is 0. The summed E-state index contributed by atoms with van der Waals surface area (Å²) < 4.78 is 0. The Balaban J connectivity index is 1.84. The lowest BCUT2D eigenvalue weighted by molar-refractivity contribution is -0.117. The summed E-state index contributed by atoms with van der Waals surface area (Å²) in [5.41, 5.74) is 1.87. The molecule has 0 aliphatic carbocycles. The highest BCUT2D eigenvalue weighted by Crippen LogP contribution is 2.39. The van der Waals surface area contributed by atoms with Gasteiger partial charge in [0.1, 0.15) is 0 Å². The molecule has 2 aromatic carbocycles. The van der Waals surface area contributed by atoms with E-state index in [0.717, 1.165) is 11.3 Å². The van der Waals surface area contributed by atoms with Crippen molar-refractivity contribution >= 4 is 28.5 Å². The Morgan fingerprint density at radius 1 is 1.00 bits per heavy atom. The van der Waals surface area contributed by atoms with Crippen molar-refractivity contribution in [1.29, 1.82) is 5.41 Å². The van der Waals surface area contributed by atoms with Gasteiger partial charge in [-0.1, -0.05) is 60.3 Å². The van der Waals surface area contributed by atoms with E-state index in [2.05, 4.69) is 0 Å². The molecule has 3 rings (SSSR count). The zero-order valence-corrected chi connectivity index (χ0v) is 11.6. The third kappa shape index (κ3) is 2.47. The molecule has 3 nitrogen and oxygen atoms in total. The summed E-state index contributed by atoms with van der Waals surface area (Å²) in [4.78, 5) is 13.9. The van der Waals surface area contributed by atoms with Gasteiger partial charge in [0, 0.05) is 11.7 Å². The minimum Gasteiger partial charge on any atom is -0.278 e. The van der Waals surface area contributed by atoms with E-state index in [0.29, 0.717) is 11.6 Å². The molecule has 4 heteroatoms. The monoisotopic (exact) mass is 282 g/mol. The maximum Gasteiger partial charge on any atom is 0.234 e. The number of amides is 1. The molecule has 20 heavy (non-hydrogen) atoms. The summed E-state index contributed by atoms with van der Waals surface area (Å²) in [5.74, 6) is -0.0196. The molecule has 1 aliphatic rings. The molecule has 1 saturated heterocycles. The van der Waals surface area contributed by atoms with Gasteiger partial charge in [0.05, 0.1) is 5.69 Å². The molecule has 1 amide bonds. The fourth-order valence-corrected chi connectivity index (χ4v) is 3.39. The minimum absolute atomic E-state index is 0.0196. The van der Waals surface area contributed by atoms with E-state index in [1.807, 2.05) is 60.7 Å². The van der Waals surface area contributed by atoms with Crippen LogP contribution in [0.5, 0.6) is 0 Å². The molecule has 1 unspecified atom stereocenters. The molecule has 100 valence electrons. The van der Waals surface area contributed by atoms with E-state index in [-0.39, 0.29) is 11.2 Å². The number of hydrogen-bond acceptors (Lipinski definition) is 3. The largest absolute Gasteiger partial charge is 0.278 e. The molecule has 1 N–H and O–H groups in total. The van der Waals surface area contributed by atoms with Gasteiger partial charge in [-0.2, -0.15) is 0 Å². The highest BCUT2D eigenvalue weighted by atomic mass is 32.2. The van der Waals surface area contributed by atoms with Crippen LogP contribution < -0.4 is 4.90 Å². The molecular formula is C16H14N2OS. The number of nitrogens with zero attached hydrogens (tertiary/aromatic N) is 1. The van der Waals surface area contributed by atoms with E-state index in [4.69, 9.17) is 5.41 Å². The Bertz CT molecular complexity index is 609. The van der Waals surface area contributed by atoms with Crippen LogP contribution in [0.3, 0.4) is 0 Å². The summed E-state index contributed by atoms with van der Waals surface area (Å²) in [5, 5.41) is 8.49. The van der Waals surface area contributed by atoms with Crippen LogP contribution >= 0.6 is 11.8 Å². The van der Waals surface area contributed by atoms with E-state index in [1.165, 1.54) is 16.7 Å². The number of carbonyl (C=O) groups excluding carboxylic acids is 1. The van der Waals surface area contributed by atoms with Gasteiger partial charge in [-0.15, -0.1) is 0 Å². The number of hydrogen-bond donors (Lipinski definition) is 1. The van der Waals surface area contributed by atoms with E-state index in [1.54, 1.807) is 0 Å². The zero-order chi connectivity index (χ0) is 13.9. The van der Waals surface area contributed by atoms with Crippen LogP contribution in [-0.4, -0.2) is 11.1 Å². The number of thioether (sulfide) groups is 1. The topological polar surface area (TPSA) is 44.2 Å². The Labute approximate surface area is 122 Å². The van der Waals surface area contributed by atoms with E-state index in [9.17, 15) is 4.79 Å². The maximum absolute atomic E-state index is 12.4. The van der Waals surface area contributed by atoms with Crippen molar-refractivity contribution in [3.8, 4) is 0 Å². The van der Waals surface area contributed by atoms with Gasteiger partial charge >= 0.3 is 0 Å². The lowest BCUT2D eigenvalue weighted by Crippen LogP contribution is -2.39. The molecule has 0 bridgehead atoms. The van der Waals surface area contributed by atoms with Crippen LogP contribution in [0.4, 0.5) is 5.69 Å². The molecule has 1 fully saturated rings. The predicted octanol–water partition coefficient (Wildman–Crippen LogP) is 3.83. The second-order valence-corrected chi connectivity index (χ2v) is 5.78. The zero-order valence-electron chi connectivity index (χ0n) is 10.8. The first-order valence-corrected chi connectivity index (χ1v) is 7.32. The second-order valence-electron chi connectivity index (χ2n) is 4.59. The van der Waals surface area contributed by atoms with Crippen LogP contribution in [0.25, 0.3) is 0 Å². The van der Waals surface area contributed by atoms with Crippen molar-refractivity contribution in [1.82, 2.24) is 0 Å². The minimum atomic E-state index is -0.0196. The van der Waals surface area contributed by atoms with Crippen LogP contribution in [-0.2, 0) is 4.79 Å². The Hall–Kier alpha value is -2.07. The van der Waals surface area contributed by atoms with Gasteiger partial charge in [-0.3, -0.25) is 15.1 Å². The lowest BCUT2D eigenvalue weighted by Gasteiger charge is -2.31. The van der Waals surface area contributed by atoms with Crippen molar-refractivity contribution in [3.05, 3.63) is 66.2 Å². The highest BCUT2D eigenvalue weighted by molar-refractivity contribution is 8.14. The summed E-state index contributed by atoms with van der Waals surface area (Å²) in [6, 6.07) is 19.3. The average molecular weight is 282 g/mol. The van der Waals surface area contributed by atoms with Gasteiger partial charge < -0.3 is 0 Å². The standard InChI is InChI=1S/C16H14N2OS/c17-16-18(13-9-5-2-6-10-13)15(19)11-14(20-16)12-7-3-1-4-8-12/h1-10,14,17H,11H2. The molecule has 1 atom stereocenters.